The van der Waals surface area contributed by atoms with Crippen molar-refractivity contribution in [3.8, 4) is 23.0 Å². The zero-order chi connectivity index (χ0) is 29.4. The van der Waals surface area contributed by atoms with Crippen LogP contribution in [-0.2, 0) is 9.68 Å². The first-order chi connectivity index (χ1) is 19.8. The molecule has 2 aromatic carbocycles. The first-order valence-electron chi connectivity index (χ1n) is 14.8. The van der Waals surface area contributed by atoms with E-state index in [1.54, 1.807) is 17.0 Å². The number of nitrogens with zero attached hydrogens (tertiary/aromatic N) is 1. The lowest BCUT2D eigenvalue weighted by Gasteiger charge is -2.31. The molecule has 1 heterocycles. The van der Waals surface area contributed by atoms with Crippen molar-refractivity contribution in [2.75, 3.05) is 4.90 Å². The van der Waals surface area contributed by atoms with Crippen LogP contribution in [0.1, 0.15) is 71.6 Å². The van der Waals surface area contributed by atoms with Crippen LogP contribution in [0.2, 0.25) is 0 Å². The molecule has 4 N–H and O–H groups in total. The van der Waals surface area contributed by atoms with Gasteiger partial charge in [0.05, 0.1) is 23.6 Å². The van der Waals surface area contributed by atoms with Crippen molar-refractivity contribution in [2.45, 2.75) is 83.8 Å². The fourth-order valence-corrected chi connectivity index (χ4v) is 5.99. The van der Waals surface area contributed by atoms with E-state index in [-0.39, 0.29) is 29.4 Å². The van der Waals surface area contributed by atoms with Gasteiger partial charge in [-0.3, -0.25) is 15.0 Å². The maximum absolute atomic E-state index is 13.4. The monoisotopic (exact) mass is 565 g/mol. The summed E-state index contributed by atoms with van der Waals surface area (Å²) in [6.45, 7) is 4.32. The summed E-state index contributed by atoms with van der Waals surface area (Å²) in [6.07, 6.45) is 14.6. The van der Waals surface area contributed by atoms with Crippen LogP contribution in [0.3, 0.4) is 0 Å². The van der Waals surface area contributed by atoms with Gasteiger partial charge in [-0.25, -0.2) is 4.89 Å². The number of unbranched alkanes of at least 4 members (excludes halogenated alkanes) is 3. The summed E-state index contributed by atoms with van der Waals surface area (Å²) in [6, 6.07) is 9.25. The third kappa shape index (κ3) is 7.70. The molecule has 1 saturated carbocycles. The molecule has 5 atom stereocenters. The Morgan fingerprint density at radius 3 is 2.39 bits per heavy atom. The minimum absolute atomic E-state index is 0.0271. The highest BCUT2D eigenvalue weighted by Crippen LogP contribution is 2.49. The number of anilines is 2. The predicted molar refractivity (Wildman–Crippen MR) is 159 cm³/mol. The summed E-state index contributed by atoms with van der Waals surface area (Å²) >= 11 is 0. The van der Waals surface area contributed by atoms with E-state index in [1.165, 1.54) is 24.3 Å². The SMILES string of the molecule is CCCCC[C@H](O)/C=C/[C@@H]1C(C/C=C\CCCC(=O)N2c3ccc(O)cc3Oc3cc(O)ccc32)[C@@H](C)C[C@H]1OO. The van der Waals surface area contributed by atoms with Crippen LogP contribution in [0, 0.1) is 17.8 Å². The Morgan fingerprint density at radius 1 is 1.07 bits per heavy atom. The average Bonchev–Trinajstić information content (AvgIpc) is 3.26. The van der Waals surface area contributed by atoms with Crippen LogP contribution in [0.5, 0.6) is 23.0 Å². The van der Waals surface area contributed by atoms with Gasteiger partial charge in [0.15, 0.2) is 11.5 Å². The zero-order valence-corrected chi connectivity index (χ0v) is 24.0. The fourth-order valence-electron chi connectivity index (χ4n) is 5.99. The number of ether oxygens (including phenoxy) is 1. The molecule has 1 aliphatic carbocycles. The van der Waals surface area contributed by atoms with Crippen LogP contribution >= 0.6 is 0 Å². The van der Waals surface area contributed by atoms with Gasteiger partial charge < -0.3 is 20.1 Å². The molecule has 1 unspecified atom stereocenters. The van der Waals surface area contributed by atoms with Gasteiger partial charge in [-0.15, -0.1) is 0 Å². The number of phenolic OH excluding ortho intramolecular Hbond substituents is 2. The number of aliphatic hydroxyl groups is 1. The number of fused-ring (bicyclic) bond motifs is 2. The van der Waals surface area contributed by atoms with Gasteiger partial charge in [-0.2, -0.15) is 0 Å². The average molecular weight is 566 g/mol. The molecule has 8 heteroatoms. The highest BCUT2D eigenvalue weighted by molar-refractivity contribution is 6.04. The summed E-state index contributed by atoms with van der Waals surface area (Å²) < 4.78 is 5.84. The van der Waals surface area contributed by atoms with Crippen LogP contribution < -0.4 is 9.64 Å². The number of allylic oxidation sites excluding steroid dienone is 2. The number of carbonyl (C=O) groups is 1. The van der Waals surface area contributed by atoms with Gasteiger partial charge in [-0.1, -0.05) is 57.4 Å². The molecule has 0 saturated heterocycles. The van der Waals surface area contributed by atoms with Gasteiger partial charge in [0, 0.05) is 24.5 Å². The molecule has 0 aromatic heterocycles. The lowest BCUT2D eigenvalue weighted by Crippen LogP contribution is -2.28. The van der Waals surface area contributed by atoms with Crippen LogP contribution in [0.25, 0.3) is 0 Å². The number of hydrogen-bond donors (Lipinski definition) is 4. The largest absolute Gasteiger partial charge is 0.508 e. The Hall–Kier alpha value is -3.33. The molecule has 2 aliphatic rings. The van der Waals surface area contributed by atoms with Crippen molar-refractivity contribution in [1.82, 2.24) is 0 Å². The van der Waals surface area contributed by atoms with Crippen LogP contribution in [-0.4, -0.2) is 38.7 Å². The summed E-state index contributed by atoms with van der Waals surface area (Å²) in [5.74, 6) is 1.34. The second kappa shape index (κ2) is 14.5. The van der Waals surface area contributed by atoms with Gasteiger partial charge in [0.1, 0.15) is 11.5 Å². The Labute approximate surface area is 242 Å². The molecule has 1 amide bonds. The Morgan fingerprint density at radius 2 is 1.76 bits per heavy atom. The molecule has 0 radical (unpaired) electrons. The summed E-state index contributed by atoms with van der Waals surface area (Å²) in [5, 5.41) is 39.6. The smallest absolute Gasteiger partial charge is 0.231 e. The normalized spacial score (nSPS) is 22.6. The number of hydrogen-bond acceptors (Lipinski definition) is 7. The summed E-state index contributed by atoms with van der Waals surface area (Å²) in [7, 11) is 0. The third-order valence-electron chi connectivity index (χ3n) is 8.23. The number of amides is 1. The number of phenols is 2. The van der Waals surface area contributed by atoms with Crippen molar-refractivity contribution in [3.63, 3.8) is 0 Å². The molecule has 0 spiro atoms. The first kappa shape index (κ1) is 30.6. The van der Waals surface area contributed by atoms with Crippen molar-refractivity contribution < 1.29 is 35.0 Å². The minimum atomic E-state index is -0.479. The fraction of sp³-hybridized carbons (Fsp3) is 0.485. The standard InChI is InChI=1S/C33H43NO7/c1-3-4-7-10-23(35)13-16-27-26(22(2)19-30(27)41-39)11-8-5-6-9-12-33(38)34-28-17-14-24(36)20-31(28)40-32-21-25(37)15-18-29(32)34/h5,8,13-18,20-23,26-27,30,35-37,39H,3-4,6-7,9-12,19H2,1-2H3/b8-5-,16-13+/t22-,23-,26?,27+,30+/m0/s1. The number of aliphatic hydroxyl groups excluding tert-OH is 1. The number of carbonyl (C=O) groups excluding carboxylic acids is 1. The van der Waals surface area contributed by atoms with E-state index in [9.17, 15) is 25.4 Å². The Kier molecular flexibility index (Phi) is 10.9. The first-order valence-corrected chi connectivity index (χ1v) is 14.8. The van der Waals surface area contributed by atoms with E-state index in [1.807, 2.05) is 12.2 Å². The van der Waals surface area contributed by atoms with E-state index < -0.39 is 6.10 Å². The second-order valence-electron chi connectivity index (χ2n) is 11.3. The number of aromatic hydroxyl groups is 2. The number of rotatable bonds is 13. The maximum Gasteiger partial charge on any atom is 0.231 e. The third-order valence-corrected chi connectivity index (χ3v) is 8.23. The van der Waals surface area contributed by atoms with E-state index in [2.05, 4.69) is 26.0 Å². The lowest BCUT2D eigenvalue weighted by molar-refractivity contribution is -0.283. The van der Waals surface area contributed by atoms with Crippen molar-refractivity contribution in [2.24, 2.45) is 17.8 Å². The highest BCUT2D eigenvalue weighted by atomic mass is 17.1. The summed E-state index contributed by atoms with van der Waals surface area (Å²) in [5.41, 5.74) is 1.10. The Bertz CT molecular complexity index is 1170. The number of benzene rings is 2. The van der Waals surface area contributed by atoms with Gasteiger partial charge in [-0.05, 0) is 68.2 Å². The van der Waals surface area contributed by atoms with Crippen molar-refractivity contribution in [1.29, 1.82) is 0 Å². The van der Waals surface area contributed by atoms with Gasteiger partial charge >= 0.3 is 0 Å². The van der Waals surface area contributed by atoms with Gasteiger partial charge in [0.2, 0.25) is 5.91 Å². The lowest BCUT2D eigenvalue weighted by atomic mass is 9.86. The maximum atomic E-state index is 13.4. The molecule has 4 rings (SSSR count). The van der Waals surface area contributed by atoms with Crippen LogP contribution in [0.4, 0.5) is 11.4 Å². The molecule has 0 bridgehead atoms. The molecule has 2 aromatic rings. The molecular formula is C33H43NO7. The van der Waals surface area contributed by atoms with Crippen molar-refractivity contribution in [3.05, 3.63) is 60.7 Å². The van der Waals surface area contributed by atoms with E-state index in [0.29, 0.717) is 47.6 Å². The molecular weight excluding hydrogens is 522 g/mol. The van der Waals surface area contributed by atoms with E-state index >= 15 is 0 Å². The summed E-state index contributed by atoms with van der Waals surface area (Å²) in [4.78, 5) is 19.8. The predicted octanol–water partition coefficient (Wildman–Crippen LogP) is 7.61. The van der Waals surface area contributed by atoms with E-state index in [0.717, 1.165) is 44.9 Å². The quantitative estimate of drug-likeness (QED) is 0.0854. The molecule has 41 heavy (non-hydrogen) atoms. The minimum Gasteiger partial charge on any atom is -0.508 e. The van der Waals surface area contributed by atoms with E-state index in [4.69, 9.17) is 9.62 Å². The Balaban J connectivity index is 1.32. The molecule has 222 valence electrons. The van der Waals surface area contributed by atoms with Gasteiger partial charge in [0.25, 0.3) is 0 Å². The van der Waals surface area contributed by atoms with Crippen LogP contribution in [0.15, 0.2) is 60.7 Å². The zero-order valence-electron chi connectivity index (χ0n) is 24.0. The highest BCUT2D eigenvalue weighted by Gasteiger charge is 2.40. The molecule has 1 fully saturated rings. The topological polar surface area (TPSA) is 120 Å². The van der Waals surface area contributed by atoms with Crippen molar-refractivity contribution >= 4 is 17.3 Å². The second-order valence-corrected chi connectivity index (χ2v) is 11.3. The molecule has 8 nitrogen and oxygen atoms in total. The molecule has 1 aliphatic heterocycles.